The van der Waals surface area contributed by atoms with E-state index in [0.29, 0.717) is 5.52 Å². The van der Waals surface area contributed by atoms with E-state index in [9.17, 15) is 28.3 Å². The molecule has 0 aliphatic carbocycles. The van der Waals surface area contributed by atoms with Crippen molar-refractivity contribution in [3.63, 3.8) is 0 Å². The molecule has 142 valence electrons. The van der Waals surface area contributed by atoms with Crippen molar-refractivity contribution in [1.82, 2.24) is 9.55 Å². The Hall–Kier alpha value is -0.230. The first-order valence-corrected chi connectivity index (χ1v) is 10.0. The predicted molar refractivity (Wildman–Crippen MR) is 90.8 cm³/mol. The molecule has 0 N–H and O–H groups in total. The number of halogens is 1. The van der Waals surface area contributed by atoms with E-state index in [1.807, 2.05) is 0 Å². The summed E-state index contributed by atoms with van der Waals surface area (Å²) in [5, 5.41) is 1.70. The monoisotopic (exact) mass is 456 g/mol. The molecule has 2 aromatic heterocycles. The fourth-order valence-electron chi connectivity index (χ4n) is 2.49. The van der Waals surface area contributed by atoms with E-state index in [2.05, 4.69) is 9.51 Å². The molecule has 0 radical (unpaired) electrons. The van der Waals surface area contributed by atoms with Crippen LogP contribution in [0.1, 0.15) is 39.2 Å². The zero-order valence-electron chi connectivity index (χ0n) is 15.9. The number of carbonyl (C=O) groups excluding carboxylic acids is 2. The SMILES string of the molecule is CCC(=O)c1csc(C(=O)c2cn(COP(=O)([O-])[O-])c3ccc(F)cc23)n1.[Na+].[Na+]. The Morgan fingerprint density at radius 2 is 2.00 bits per heavy atom. The molecule has 1 aromatic carbocycles. The molecular formula is C16H12FN2Na2O6PS. The van der Waals surface area contributed by atoms with Crippen LogP contribution in [0.4, 0.5) is 4.39 Å². The maximum atomic E-state index is 13.7. The quantitative estimate of drug-likeness (QED) is 0.201. The van der Waals surface area contributed by atoms with Gasteiger partial charge in [-0.2, -0.15) is 0 Å². The predicted octanol–water partition coefficient (Wildman–Crippen LogP) is -4.13. The molecule has 0 saturated heterocycles. The van der Waals surface area contributed by atoms with Crippen LogP contribution in [0.5, 0.6) is 0 Å². The van der Waals surface area contributed by atoms with Gasteiger partial charge in [0.05, 0.1) is 18.9 Å². The van der Waals surface area contributed by atoms with Gasteiger partial charge in [0.25, 0.3) is 0 Å². The smallest absolute Gasteiger partial charge is 0.790 e. The summed E-state index contributed by atoms with van der Waals surface area (Å²) < 4.78 is 29.8. The molecule has 29 heavy (non-hydrogen) atoms. The van der Waals surface area contributed by atoms with Crippen LogP contribution in [0.15, 0.2) is 29.8 Å². The number of hydrogen-bond donors (Lipinski definition) is 0. The second-order valence-electron chi connectivity index (χ2n) is 5.52. The maximum absolute atomic E-state index is 13.7. The largest absolute Gasteiger partial charge is 1.00 e. The van der Waals surface area contributed by atoms with Gasteiger partial charge in [0.15, 0.2) is 10.8 Å². The maximum Gasteiger partial charge on any atom is 1.00 e. The number of thiazole rings is 1. The third kappa shape index (κ3) is 6.38. The van der Waals surface area contributed by atoms with Crippen molar-refractivity contribution in [2.45, 2.75) is 20.1 Å². The number of nitrogens with zero attached hydrogens (tertiary/aromatic N) is 2. The number of rotatable bonds is 7. The summed E-state index contributed by atoms with van der Waals surface area (Å²) >= 11 is 0.976. The number of ketones is 2. The molecule has 3 aromatic rings. The normalized spacial score (nSPS) is 11.0. The van der Waals surface area contributed by atoms with Crippen LogP contribution in [-0.4, -0.2) is 21.1 Å². The summed E-state index contributed by atoms with van der Waals surface area (Å²) in [4.78, 5) is 50.0. The van der Waals surface area contributed by atoms with Crippen molar-refractivity contribution in [3.8, 4) is 0 Å². The van der Waals surface area contributed by atoms with Crippen molar-refractivity contribution in [3.05, 3.63) is 51.9 Å². The Bertz CT molecular complexity index is 1100. The van der Waals surface area contributed by atoms with Gasteiger partial charge >= 0.3 is 59.1 Å². The van der Waals surface area contributed by atoms with Crippen LogP contribution in [0.3, 0.4) is 0 Å². The fourth-order valence-corrected chi connectivity index (χ4v) is 3.53. The molecule has 0 fully saturated rings. The molecule has 0 amide bonds. The zero-order chi connectivity index (χ0) is 19.8. The molecule has 0 bridgehead atoms. The number of Topliss-reactive ketones (excluding diaryl/α,β-unsaturated/α-hetero) is 1. The van der Waals surface area contributed by atoms with Gasteiger partial charge in [0.2, 0.25) is 5.78 Å². The van der Waals surface area contributed by atoms with Gasteiger partial charge < -0.3 is 23.4 Å². The van der Waals surface area contributed by atoms with Crippen molar-refractivity contribution in [2.75, 3.05) is 0 Å². The zero-order valence-corrected chi connectivity index (χ0v) is 21.6. The number of fused-ring (bicyclic) bond motifs is 1. The number of phosphoric acid groups is 1. The van der Waals surface area contributed by atoms with Gasteiger partial charge in [-0.1, -0.05) is 6.92 Å². The molecule has 2 heterocycles. The summed E-state index contributed by atoms with van der Waals surface area (Å²) in [5.74, 6) is -1.37. The Morgan fingerprint density at radius 1 is 1.31 bits per heavy atom. The van der Waals surface area contributed by atoms with Crippen molar-refractivity contribution < 1.29 is 92.0 Å². The van der Waals surface area contributed by atoms with E-state index >= 15 is 0 Å². The molecule has 0 aliphatic heterocycles. The molecule has 13 heteroatoms. The number of phosphoric ester groups is 1. The van der Waals surface area contributed by atoms with Gasteiger partial charge in [0.1, 0.15) is 18.2 Å². The third-order valence-electron chi connectivity index (χ3n) is 3.75. The summed E-state index contributed by atoms with van der Waals surface area (Å²) in [6, 6.07) is 3.57. The fraction of sp³-hybridized carbons (Fsp3) is 0.188. The van der Waals surface area contributed by atoms with E-state index in [1.54, 1.807) is 6.92 Å². The molecule has 0 aliphatic rings. The number of hydrogen-bond acceptors (Lipinski definition) is 8. The topological polar surface area (TPSA) is 124 Å². The summed E-state index contributed by atoms with van der Waals surface area (Å²) in [6.45, 7) is 1.02. The average molecular weight is 456 g/mol. The molecule has 0 spiro atoms. The molecule has 8 nitrogen and oxygen atoms in total. The Labute approximate surface area is 213 Å². The van der Waals surface area contributed by atoms with Crippen LogP contribution in [0.2, 0.25) is 0 Å². The summed E-state index contributed by atoms with van der Waals surface area (Å²) in [6.07, 6.45) is 1.49. The van der Waals surface area contributed by atoms with Crippen LogP contribution in [0, 0.1) is 5.82 Å². The molecule has 0 saturated carbocycles. The Balaban J connectivity index is 0.00000210. The number of carbonyl (C=O) groups is 2. The Morgan fingerprint density at radius 3 is 2.62 bits per heavy atom. The standard InChI is InChI=1S/C16H14FN2O6PS.2Na/c1-2-14(20)12-7-27-16(18-12)15(21)11-6-19(8-25-26(22,23)24)13-4-3-9(17)5-10(11)13;;/h3-7H,2,8H2,1H3,(H2,22,23,24);;/q;2*+1/p-2. The molecule has 0 atom stereocenters. The van der Waals surface area contributed by atoms with E-state index < -0.39 is 26.2 Å². The van der Waals surface area contributed by atoms with E-state index in [-0.39, 0.29) is 93.0 Å². The van der Waals surface area contributed by atoms with Crippen molar-refractivity contribution >= 4 is 41.6 Å². The van der Waals surface area contributed by atoms with Gasteiger partial charge in [-0.25, -0.2) is 9.37 Å². The first-order chi connectivity index (χ1) is 12.7. The second-order valence-corrected chi connectivity index (χ2v) is 7.53. The first-order valence-electron chi connectivity index (χ1n) is 7.68. The van der Waals surface area contributed by atoms with Crippen molar-refractivity contribution in [1.29, 1.82) is 0 Å². The van der Waals surface area contributed by atoms with Gasteiger partial charge in [-0.05, 0) is 18.2 Å². The summed E-state index contributed by atoms with van der Waals surface area (Å²) in [7, 11) is -5.23. The van der Waals surface area contributed by atoms with Crippen LogP contribution in [-0.2, 0) is 15.8 Å². The van der Waals surface area contributed by atoms with E-state index in [4.69, 9.17) is 0 Å². The molecule has 0 unspecified atom stereocenters. The van der Waals surface area contributed by atoms with Crippen LogP contribution < -0.4 is 68.9 Å². The Kier molecular flexibility index (Phi) is 10.1. The van der Waals surface area contributed by atoms with Gasteiger partial charge in [-0.3, -0.25) is 9.59 Å². The number of benzene rings is 1. The first kappa shape index (κ1) is 26.8. The van der Waals surface area contributed by atoms with Crippen LogP contribution in [0.25, 0.3) is 10.9 Å². The van der Waals surface area contributed by atoms with Crippen molar-refractivity contribution in [2.24, 2.45) is 0 Å². The second kappa shape index (κ2) is 10.9. The van der Waals surface area contributed by atoms with Gasteiger partial charge in [0, 0.05) is 23.4 Å². The van der Waals surface area contributed by atoms with E-state index in [1.165, 1.54) is 22.2 Å². The number of aromatic nitrogens is 2. The van der Waals surface area contributed by atoms with Crippen LogP contribution >= 0.6 is 19.2 Å². The minimum absolute atomic E-state index is 0. The third-order valence-corrected chi connectivity index (χ3v) is 5.02. The van der Waals surface area contributed by atoms with E-state index in [0.717, 1.165) is 23.5 Å². The minimum atomic E-state index is -5.23. The molecule has 3 rings (SSSR count). The average Bonchev–Trinajstić information content (AvgIpc) is 3.23. The summed E-state index contributed by atoms with van der Waals surface area (Å²) in [5.41, 5.74) is 0.516. The van der Waals surface area contributed by atoms with Gasteiger partial charge in [-0.15, -0.1) is 11.3 Å². The minimum Gasteiger partial charge on any atom is -0.790 e. The molecular weight excluding hydrogens is 444 g/mol.